The van der Waals surface area contributed by atoms with Gasteiger partial charge in [0, 0.05) is 25.7 Å². The average Bonchev–Trinajstić information content (AvgIpc) is 2.58. The van der Waals surface area contributed by atoms with E-state index in [2.05, 4.69) is 5.32 Å². The number of nitrogens with one attached hydrogen (secondary N) is 1. The molecule has 1 rings (SSSR count). The summed E-state index contributed by atoms with van der Waals surface area (Å²) < 4.78 is 30.9. The lowest BCUT2D eigenvalue weighted by molar-refractivity contribution is -0.147. The van der Waals surface area contributed by atoms with Crippen molar-refractivity contribution in [1.29, 1.82) is 0 Å². The molecule has 1 aromatic carbocycles. The third-order valence-electron chi connectivity index (χ3n) is 3.49. The number of carbonyl (C=O) groups excluding carboxylic acids is 2. The fourth-order valence-electron chi connectivity index (χ4n) is 2.01. The Morgan fingerprint density at radius 3 is 2.32 bits per heavy atom. The molecule has 0 aliphatic carbocycles. The first-order valence-corrected chi connectivity index (χ1v) is 9.77. The predicted molar refractivity (Wildman–Crippen MR) is 95.7 cm³/mol. The topological polar surface area (TPSA) is 92.8 Å². The molecule has 0 saturated heterocycles. The number of rotatable bonds is 10. The summed E-state index contributed by atoms with van der Waals surface area (Å²) in [6, 6.07) is 5.89. The molecule has 0 aromatic heterocycles. The van der Waals surface area contributed by atoms with Gasteiger partial charge in [-0.2, -0.15) is 0 Å². The number of nitrogens with zero attached hydrogens (tertiary/aromatic N) is 1. The van der Waals surface area contributed by atoms with Crippen LogP contribution in [-0.2, 0) is 24.3 Å². The summed E-state index contributed by atoms with van der Waals surface area (Å²) in [7, 11) is -1.99. The lowest BCUT2D eigenvalue weighted by Gasteiger charge is -2.17. The molecule has 7 nitrogen and oxygen atoms in total. The van der Waals surface area contributed by atoms with Gasteiger partial charge in [-0.05, 0) is 37.1 Å². The van der Waals surface area contributed by atoms with Crippen molar-refractivity contribution in [1.82, 2.24) is 4.31 Å². The van der Waals surface area contributed by atoms with Gasteiger partial charge >= 0.3 is 5.97 Å². The number of carbonyl (C=O) groups is 2. The van der Waals surface area contributed by atoms with Gasteiger partial charge < -0.3 is 10.1 Å². The molecule has 0 aliphatic rings. The highest BCUT2D eigenvalue weighted by atomic mass is 32.2. The van der Waals surface area contributed by atoms with Crippen LogP contribution in [0.3, 0.4) is 0 Å². The van der Waals surface area contributed by atoms with Crippen molar-refractivity contribution in [2.75, 3.05) is 25.5 Å². The van der Waals surface area contributed by atoms with Crippen molar-refractivity contribution < 1.29 is 22.7 Å². The monoisotopic (exact) mass is 370 g/mol. The van der Waals surface area contributed by atoms with Gasteiger partial charge in [-0.1, -0.05) is 20.3 Å². The summed E-state index contributed by atoms with van der Waals surface area (Å²) in [5.74, 6) is -0.894. The van der Waals surface area contributed by atoms with Crippen LogP contribution in [-0.4, -0.2) is 44.8 Å². The standard InChI is InChI=1S/C17H26N2O5S/c1-4-6-12-19(3)25(22,23)15-10-8-14(9-11-15)18-16(20)13-24-17(21)7-5-2/h8-11H,4-7,12-13H2,1-3H3,(H,18,20). The number of anilines is 1. The molecule has 0 heterocycles. The van der Waals surface area contributed by atoms with E-state index in [4.69, 9.17) is 4.74 Å². The van der Waals surface area contributed by atoms with Gasteiger partial charge in [0.15, 0.2) is 6.61 Å². The van der Waals surface area contributed by atoms with Crippen molar-refractivity contribution in [2.24, 2.45) is 0 Å². The number of ether oxygens (including phenoxy) is 1. The van der Waals surface area contributed by atoms with Crippen molar-refractivity contribution in [3.63, 3.8) is 0 Å². The Morgan fingerprint density at radius 2 is 1.76 bits per heavy atom. The van der Waals surface area contributed by atoms with E-state index >= 15 is 0 Å². The van der Waals surface area contributed by atoms with E-state index in [0.717, 1.165) is 12.8 Å². The molecule has 0 atom stereocenters. The zero-order valence-corrected chi connectivity index (χ0v) is 15.8. The van der Waals surface area contributed by atoms with E-state index in [1.807, 2.05) is 13.8 Å². The van der Waals surface area contributed by atoms with E-state index < -0.39 is 21.9 Å². The molecule has 0 unspecified atom stereocenters. The molecule has 0 saturated carbocycles. The van der Waals surface area contributed by atoms with Crippen LogP contribution < -0.4 is 5.32 Å². The number of unbranched alkanes of at least 4 members (excludes halogenated alkanes) is 1. The third kappa shape index (κ3) is 6.83. The van der Waals surface area contributed by atoms with Crippen LogP contribution in [0.4, 0.5) is 5.69 Å². The Bertz CT molecular complexity index is 671. The SMILES string of the molecule is CCCCN(C)S(=O)(=O)c1ccc(NC(=O)COC(=O)CCC)cc1. The molecular formula is C17H26N2O5S. The van der Waals surface area contributed by atoms with Crippen LogP contribution in [0.25, 0.3) is 0 Å². The number of sulfonamides is 1. The van der Waals surface area contributed by atoms with Crippen LogP contribution in [0.2, 0.25) is 0 Å². The van der Waals surface area contributed by atoms with Gasteiger partial charge in [0.2, 0.25) is 10.0 Å². The van der Waals surface area contributed by atoms with Gasteiger partial charge in [-0.25, -0.2) is 12.7 Å². The summed E-state index contributed by atoms with van der Waals surface area (Å²) in [5.41, 5.74) is 0.437. The molecule has 1 N–H and O–H groups in total. The Labute approximate surface area is 149 Å². The van der Waals surface area contributed by atoms with Crippen LogP contribution in [0, 0.1) is 0 Å². The number of esters is 1. The Kier molecular flexibility index (Phi) is 8.57. The second-order valence-electron chi connectivity index (χ2n) is 5.66. The Morgan fingerprint density at radius 1 is 1.12 bits per heavy atom. The summed E-state index contributed by atoms with van der Waals surface area (Å²) in [4.78, 5) is 23.1. The lowest BCUT2D eigenvalue weighted by Crippen LogP contribution is -2.28. The van der Waals surface area contributed by atoms with E-state index in [1.165, 1.54) is 28.6 Å². The number of hydrogen-bond donors (Lipinski definition) is 1. The molecule has 0 bridgehead atoms. The molecule has 1 aromatic rings. The van der Waals surface area contributed by atoms with Gasteiger partial charge in [0.05, 0.1) is 4.90 Å². The average molecular weight is 370 g/mol. The second kappa shape index (κ2) is 10.1. The maximum atomic E-state index is 12.4. The van der Waals surface area contributed by atoms with Crippen LogP contribution >= 0.6 is 0 Å². The first-order chi connectivity index (χ1) is 11.8. The highest BCUT2D eigenvalue weighted by Crippen LogP contribution is 2.18. The highest BCUT2D eigenvalue weighted by Gasteiger charge is 2.20. The van der Waals surface area contributed by atoms with Gasteiger partial charge in [-0.3, -0.25) is 9.59 Å². The maximum Gasteiger partial charge on any atom is 0.306 e. The van der Waals surface area contributed by atoms with Crippen LogP contribution in [0.5, 0.6) is 0 Å². The Hall–Kier alpha value is -1.93. The fraction of sp³-hybridized carbons (Fsp3) is 0.529. The van der Waals surface area contributed by atoms with Crippen molar-refractivity contribution >= 4 is 27.6 Å². The molecule has 8 heteroatoms. The van der Waals surface area contributed by atoms with E-state index in [9.17, 15) is 18.0 Å². The fourth-order valence-corrected chi connectivity index (χ4v) is 3.22. The second-order valence-corrected chi connectivity index (χ2v) is 7.71. The lowest BCUT2D eigenvalue weighted by atomic mass is 10.3. The predicted octanol–water partition coefficient (Wildman–Crippen LogP) is 2.39. The first kappa shape index (κ1) is 21.1. The molecule has 140 valence electrons. The van der Waals surface area contributed by atoms with Crippen molar-refractivity contribution in [3.05, 3.63) is 24.3 Å². The Balaban J connectivity index is 2.64. The minimum atomic E-state index is -3.53. The molecule has 0 aliphatic heterocycles. The summed E-state index contributed by atoms with van der Waals surface area (Å²) in [6.45, 7) is 3.94. The van der Waals surface area contributed by atoms with Crippen LogP contribution in [0.15, 0.2) is 29.2 Å². The highest BCUT2D eigenvalue weighted by molar-refractivity contribution is 7.89. The third-order valence-corrected chi connectivity index (χ3v) is 5.36. The number of benzene rings is 1. The summed E-state index contributed by atoms with van der Waals surface area (Å²) in [6.07, 6.45) is 2.63. The molecule has 0 radical (unpaired) electrons. The summed E-state index contributed by atoms with van der Waals surface area (Å²) >= 11 is 0. The van der Waals surface area contributed by atoms with Crippen molar-refractivity contribution in [3.8, 4) is 0 Å². The largest absolute Gasteiger partial charge is 0.456 e. The number of amides is 1. The minimum Gasteiger partial charge on any atom is -0.456 e. The van der Waals surface area contributed by atoms with Crippen LogP contribution in [0.1, 0.15) is 39.5 Å². The summed E-state index contributed by atoms with van der Waals surface area (Å²) in [5, 5.41) is 2.56. The molecule has 0 fully saturated rings. The van der Waals surface area contributed by atoms with E-state index in [-0.39, 0.29) is 17.9 Å². The molecule has 1 amide bonds. The van der Waals surface area contributed by atoms with Crippen molar-refractivity contribution in [2.45, 2.75) is 44.4 Å². The molecular weight excluding hydrogens is 344 g/mol. The minimum absolute atomic E-state index is 0.165. The normalized spacial score (nSPS) is 11.4. The van der Waals surface area contributed by atoms with Gasteiger partial charge in [-0.15, -0.1) is 0 Å². The smallest absolute Gasteiger partial charge is 0.306 e. The number of hydrogen-bond acceptors (Lipinski definition) is 5. The van der Waals surface area contributed by atoms with Gasteiger partial charge in [0.25, 0.3) is 5.91 Å². The first-order valence-electron chi connectivity index (χ1n) is 8.33. The molecule has 25 heavy (non-hydrogen) atoms. The zero-order chi connectivity index (χ0) is 18.9. The zero-order valence-electron chi connectivity index (χ0n) is 14.9. The van der Waals surface area contributed by atoms with Gasteiger partial charge in [0.1, 0.15) is 0 Å². The quantitative estimate of drug-likeness (QED) is 0.638. The maximum absolute atomic E-state index is 12.4. The van der Waals surface area contributed by atoms with E-state index in [0.29, 0.717) is 18.7 Å². The molecule has 0 spiro atoms. The van der Waals surface area contributed by atoms with E-state index in [1.54, 1.807) is 7.05 Å².